The van der Waals surface area contributed by atoms with Crippen molar-refractivity contribution in [2.45, 2.75) is 0 Å². The van der Waals surface area contributed by atoms with Crippen molar-refractivity contribution in [3.63, 3.8) is 0 Å². The number of nitrogens with two attached hydrogens (primary N) is 1. The summed E-state index contributed by atoms with van der Waals surface area (Å²) < 4.78 is 1.20. The van der Waals surface area contributed by atoms with Crippen LogP contribution in [0.15, 0.2) is 18.3 Å². The minimum Gasteiger partial charge on any atom is -0.331 e. The topological polar surface area (TPSA) is 61.9 Å². The average Bonchev–Trinajstić information content (AvgIpc) is 2.47. The van der Waals surface area contributed by atoms with Crippen molar-refractivity contribution in [2.24, 2.45) is 5.84 Å². The quantitative estimate of drug-likeness (QED) is 0.344. The third-order valence-corrected chi connectivity index (χ3v) is 3.20. The van der Waals surface area contributed by atoms with Crippen molar-refractivity contribution in [3.8, 4) is 0 Å². The molecule has 0 aliphatic rings. The first-order valence-corrected chi connectivity index (χ1v) is 5.10. The Kier molecular flexibility index (Phi) is 3.70. The lowest BCUT2D eigenvalue weighted by Gasteiger charge is -1.95. The Morgan fingerprint density at radius 3 is 2.83 bits per heavy atom. The Hall–Kier alpha value is -0.400. The number of hydrogen-bond acceptors (Lipinski definition) is 4. The molecule has 3 nitrogen and oxygen atoms in total. The van der Waals surface area contributed by atoms with E-state index in [1.54, 1.807) is 17.5 Å². The van der Waals surface area contributed by atoms with Gasteiger partial charge >= 0.3 is 0 Å². The summed E-state index contributed by atoms with van der Waals surface area (Å²) in [5.74, 6) is 5.12. The predicted molar refractivity (Wildman–Crippen MR) is 61.1 cm³/mol. The fraction of sp³-hybridized carbons (Fsp3) is 0. The first-order chi connectivity index (χ1) is 5.77. The van der Waals surface area contributed by atoms with Crippen LogP contribution in [0.1, 0.15) is 4.88 Å². The van der Waals surface area contributed by atoms with Crippen LogP contribution in [0.25, 0.3) is 5.57 Å². The molecule has 0 aliphatic heterocycles. The molecule has 0 amide bonds. The van der Waals surface area contributed by atoms with E-state index in [9.17, 15) is 0 Å². The second-order valence-corrected chi connectivity index (χ2v) is 4.99. The van der Waals surface area contributed by atoms with Gasteiger partial charge < -0.3 is 10.8 Å². The molecule has 64 valence electrons. The number of allylic oxidation sites excluding steroid dienone is 1. The molecule has 1 aromatic heterocycles. The summed E-state index contributed by atoms with van der Waals surface area (Å²) in [5.41, 5.74) is 3.21. The van der Waals surface area contributed by atoms with Crippen LogP contribution in [0.2, 0.25) is 0 Å². The maximum atomic E-state index is 7.13. The Morgan fingerprint density at radius 2 is 2.42 bits per heavy atom. The molecular formula is C7H8IN3S. The molecular weight excluding hydrogens is 285 g/mol. The Bertz CT molecular complexity index is 305. The highest BCUT2D eigenvalue weighted by atomic mass is 127. The molecule has 4 N–H and O–H groups in total. The summed E-state index contributed by atoms with van der Waals surface area (Å²) in [4.78, 5) is 1.05. The molecule has 12 heavy (non-hydrogen) atoms. The van der Waals surface area contributed by atoms with Gasteiger partial charge in [0, 0.05) is 22.9 Å². The van der Waals surface area contributed by atoms with E-state index in [2.05, 4.69) is 28.0 Å². The van der Waals surface area contributed by atoms with E-state index in [1.165, 1.54) is 9.10 Å². The van der Waals surface area contributed by atoms with Crippen LogP contribution in [-0.2, 0) is 0 Å². The van der Waals surface area contributed by atoms with Gasteiger partial charge in [0.15, 0.2) is 0 Å². The number of nitrogens with one attached hydrogen (secondary N) is 2. The summed E-state index contributed by atoms with van der Waals surface area (Å²) in [6.45, 7) is 0. The number of halogens is 1. The van der Waals surface area contributed by atoms with Gasteiger partial charge in [0.25, 0.3) is 0 Å². The van der Waals surface area contributed by atoms with Gasteiger partial charge in [-0.3, -0.25) is 5.84 Å². The van der Waals surface area contributed by atoms with Crippen molar-refractivity contribution >= 4 is 45.7 Å². The molecule has 1 aromatic rings. The van der Waals surface area contributed by atoms with Crippen molar-refractivity contribution in [1.82, 2.24) is 5.43 Å². The standard InChI is InChI=1S/C7H8IN3S/c8-7-2-1-6(12-7)5(3-9)4-11-10/h1-4,9,11H,10H2/b5-4+,9-3?. The Morgan fingerprint density at radius 1 is 1.67 bits per heavy atom. The predicted octanol–water partition coefficient (Wildman–Crippen LogP) is 1.81. The second-order valence-electron chi connectivity index (χ2n) is 2.01. The van der Waals surface area contributed by atoms with Gasteiger partial charge in [-0.15, -0.1) is 11.3 Å². The van der Waals surface area contributed by atoms with Gasteiger partial charge in [-0.05, 0) is 34.7 Å². The molecule has 0 aromatic carbocycles. The summed E-state index contributed by atoms with van der Waals surface area (Å²) in [6, 6.07) is 3.98. The molecule has 5 heteroatoms. The lowest BCUT2D eigenvalue weighted by atomic mass is 10.2. The van der Waals surface area contributed by atoms with E-state index >= 15 is 0 Å². The van der Waals surface area contributed by atoms with Gasteiger partial charge in [0.1, 0.15) is 0 Å². The highest BCUT2D eigenvalue weighted by Gasteiger charge is 2.00. The first kappa shape index (κ1) is 9.69. The van der Waals surface area contributed by atoms with Crippen molar-refractivity contribution in [3.05, 3.63) is 26.1 Å². The van der Waals surface area contributed by atoms with Crippen molar-refractivity contribution < 1.29 is 0 Å². The fourth-order valence-electron chi connectivity index (χ4n) is 0.743. The summed E-state index contributed by atoms with van der Waals surface area (Å²) in [7, 11) is 0. The number of rotatable bonds is 3. The van der Waals surface area contributed by atoms with E-state index in [0.717, 1.165) is 10.5 Å². The Labute approximate surface area is 88.3 Å². The minimum absolute atomic E-state index is 0.797. The van der Waals surface area contributed by atoms with Crippen LogP contribution >= 0.6 is 33.9 Å². The molecule has 0 atom stereocenters. The van der Waals surface area contributed by atoms with Gasteiger partial charge in [-0.1, -0.05) is 0 Å². The lowest BCUT2D eigenvalue weighted by Crippen LogP contribution is -2.14. The van der Waals surface area contributed by atoms with Gasteiger partial charge in [-0.25, -0.2) is 0 Å². The van der Waals surface area contributed by atoms with E-state index in [0.29, 0.717) is 0 Å². The van der Waals surface area contributed by atoms with Crippen LogP contribution in [-0.4, -0.2) is 6.21 Å². The van der Waals surface area contributed by atoms with E-state index in [-0.39, 0.29) is 0 Å². The number of thiophene rings is 1. The van der Waals surface area contributed by atoms with Crippen LogP contribution < -0.4 is 11.3 Å². The normalized spacial score (nSPS) is 11.3. The van der Waals surface area contributed by atoms with Crippen LogP contribution in [0.3, 0.4) is 0 Å². The maximum absolute atomic E-state index is 7.13. The van der Waals surface area contributed by atoms with Gasteiger partial charge in [0.2, 0.25) is 0 Å². The molecule has 0 aliphatic carbocycles. The van der Waals surface area contributed by atoms with Crippen LogP contribution in [0.4, 0.5) is 0 Å². The molecule has 0 unspecified atom stereocenters. The van der Waals surface area contributed by atoms with E-state index < -0.39 is 0 Å². The zero-order chi connectivity index (χ0) is 8.97. The van der Waals surface area contributed by atoms with E-state index in [1.807, 2.05) is 12.1 Å². The van der Waals surface area contributed by atoms with Gasteiger partial charge in [-0.2, -0.15) is 0 Å². The lowest BCUT2D eigenvalue weighted by molar-refractivity contribution is 0.972. The summed E-state index contributed by atoms with van der Waals surface area (Å²) in [6.07, 6.45) is 2.89. The highest BCUT2D eigenvalue weighted by Crippen LogP contribution is 2.23. The largest absolute Gasteiger partial charge is 0.331 e. The number of hydrazine groups is 1. The molecule has 0 radical (unpaired) electrons. The summed E-state index contributed by atoms with van der Waals surface area (Å²) >= 11 is 3.88. The molecule has 0 fully saturated rings. The number of hydrogen-bond donors (Lipinski definition) is 3. The fourth-order valence-corrected chi connectivity index (χ4v) is 2.35. The smallest absolute Gasteiger partial charge is 0.0660 e. The monoisotopic (exact) mass is 293 g/mol. The molecule has 0 saturated carbocycles. The molecule has 1 heterocycles. The van der Waals surface area contributed by atoms with Gasteiger partial charge in [0.05, 0.1) is 2.88 Å². The van der Waals surface area contributed by atoms with Crippen molar-refractivity contribution in [1.29, 1.82) is 5.41 Å². The average molecular weight is 293 g/mol. The molecule has 0 spiro atoms. The molecule has 0 bridgehead atoms. The molecule has 1 rings (SSSR count). The van der Waals surface area contributed by atoms with Crippen molar-refractivity contribution in [2.75, 3.05) is 0 Å². The van der Waals surface area contributed by atoms with Crippen LogP contribution in [0, 0.1) is 8.29 Å². The first-order valence-electron chi connectivity index (χ1n) is 3.20. The minimum atomic E-state index is 0.797. The SMILES string of the molecule is N=C/C(=C\NN)c1ccc(I)s1. The zero-order valence-corrected chi connectivity index (χ0v) is 9.15. The summed E-state index contributed by atoms with van der Waals surface area (Å²) in [5, 5.41) is 7.13. The Balaban J connectivity index is 2.94. The van der Waals surface area contributed by atoms with Crippen LogP contribution in [0.5, 0.6) is 0 Å². The zero-order valence-electron chi connectivity index (χ0n) is 6.17. The second kappa shape index (κ2) is 4.58. The third-order valence-electron chi connectivity index (χ3n) is 1.25. The third kappa shape index (κ3) is 2.29. The highest BCUT2D eigenvalue weighted by molar-refractivity contribution is 14.1. The maximum Gasteiger partial charge on any atom is 0.0660 e. The van der Waals surface area contributed by atoms with E-state index in [4.69, 9.17) is 11.3 Å². The molecule has 0 saturated heterocycles.